The Bertz CT molecular complexity index is 945. The first-order valence-corrected chi connectivity index (χ1v) is 10.3. The lowest BCUT2D eigenvalue weighted by Crippen LogP contribution is -2.20. The summed E-state index contributed by atoms with van der Waals surface area (Å²) in [5, 5.41) is 7.23. The Hall–Kier alpha value is -2.22. The monoisotopic (exact) mass is 379 g/mol. The number of amides is 1. The number of carbonyl (C=O) groups is 1. The van der Waals surface area contributed by atoms with Crippen molar-refractivity contribution in [2.75, 3.05) is 16.8 Å². The molecule has 1 N–H and O–H groups in total. The van der Waals surface area contributed by atoms with E-state index >= 15 is 0 Å². The number of hydrogen-bond acceptors (Lipinski definition) is 4. The molecule has 1 fully saturated rings. The summed E-state index contributed by atoms with van der Waals surface area (Å²) in [6.45, 7) is 5.94. The number of carbonyl (C=O) groups excluding carboxylic acids is 1. The van der Waals surface area contributed by atoms with Crippen molar-refractivity contribution >= 4 is 21.6 Å². The van der Waals surface area contributed by atoms with E-state index in [0.717, 1.165) is 5.69 Å². The zero-order valence-electron chi connectivity index (χ0n) is 15.0. The van der Waals surface area contributed by atoms with Crippen LogP contribution in [0.3, 0.4) is 0 Å². The van der Waals surface area contributed by atoms with Gasteiger partial charge in [-0.1, -0.05) is 32.9 Å². The number of hydrogen-bond donors (Lipinski definition) is 1. The van der Waals surface area contributed by atoms with Crippen LogP contribution in [0.5, 0.6) is 0 Å². The number of benzene rings is 1. The van der Waals surface area contributed by atoms with Gasteiger partial charge in [-0.05, 0) is 18.6 Å². The number of sulfone groups is 1. The van der Waals surface area contributed by atoms with Crippen molar-refractivity contribution in [2.45, 2.75) is 38.6 Å². The van der Waals surface area contributed by atoms with Crippen LogP contribution in [0.25, 0.3) is 0 Å². The second-order valence-corrected chi connectivity index (χ2v) is 9.83. The lowest BCUT2D eigenvalue weighted by Gasteiger charge is -2.15. The van der Waals surface area contributed by atoms with Crippen molar-refractivity contribution in [3.05, 3.63) is 47.4 Å². The normalized spacial score (nSPS) is 19.5. The molecule has 140 valence electrons. The third kappa shape index (κ3) is 3.80. The fourth-order valence-corrected chi connectivity index (χ4v) is 4.62. The van der Waals surface area contributed by atoms with E-state index in [1.54, 1.807) is 16.8 Å². The Morgan fingerprint density at radius 1 is 1.31 bits per heavy atom. The summed E-state index contributed by atoms with van der Waals surface area (Å²) in [4.78, 5) is 12.5. The molecule has 1 aliphatic rings. The Labute approximate surface area is 152 Å². The Morgan fingerprint density at radius 2 is 2.00 bits per heavy atom. The summed E-state index contributed by atoms with van der Waals surface area (Å²) in [6.07, 6.45) is 0.441. The van der Waals surface area contributed by atoms with Crippen molar-refractivity contribution < 1.29 is 17.6 Å². The molecule has 2 aromatic rings. The summed E-state index contributed by atoms with van der Waals surface area (Å²) < 4.78 is 39.1. The van der Waals surface area contributed by atoms with Crippen LogP contribution in [0.15, 0.2) is 30.3 Å². The average Bonchev–Trinajstić information content (AvgIpc) is 3.10. The van der Waals surface area contributed by atoms with Crippen molar-refractivity contribution in [1.29, 1.82) is 0 Å². The van der Waals surface area contributed by atoms with Gasteiger partial charge in [0.2, 0.25) is 0 Å². The molecule has 1 unspecified atom stereocenters. The summed E-state index contributed by atoms with van der Waals surface area (Å²) in [7, 11) is -3.11. The highest BCUT2D eigenvalue weighted by molar-refractivity contribution is 7.91. The third-order valence-electron chi connectivity index (χ3n) is 4.42. The van der Waals surface area contributed by atoms with E-state index in [-0.39, 0.29) is 28.5 Å². The van der Waals surface area contributed by atoms with Gasteiger partial charge in [-0.25, -0.2) is 17.5 Å². The maximum atomic E-state index is 13.9. The van der Waals surface area contributed by atoms with Crippen LogP contribution in [0.4, 0.5) is 10.2 Å². The van der Waals surface area contributed by atoms with Crippen LogP contribution in [0.2, 0.25) is 0 Å². The highest BCUT2D eigenvalue weighted by atomic mass is 32.2. The Balaban J connectivity index is 1.96. The second-order valence-electron chi connectivity index (χ2n) is 7.60. The smallest absolute Gasteiger partial charge is 0.259 e. The first-order chi connectivity index (χ1) is 12.1. The standard InChI is InChI=1S/C18H22FN3O3S/c1-18(2,3)15-10-16(20-17(23)13-6-4-5-7-14(13)19)22(21-15)12-8-9-26(24,25)11-12/h4-7,10,12H,8-9,11H2,1-3H3,(H,20,23). The predicted octanol–water partition coefficient (Wildman–Crippen LogP) is 2.93. The number of nitrogens with zero attached hydrogens (tertiary/aromatic N) is 2. The number of halogens is 1. The Kier molecular flexibility index (Phi) is 4.64. The van der Waals surface area contributed by atoms with Crippen molar-refractivity contribution in [3.8, 4) is 0 Å². The highest BCUT2D eigenvalue weighted by Crippen LogP contribution is 2.31. The van der Waals surface area contributed by atoms with Crippen LogP contribution in [-0.4, -0.2) is 35.6 Å². The molecule has 0 spiro atoms. The van der Waals surface area contributed by atoms with Crippen molar-refractivity contribution in [1.82, 2.24) is 9.78 Å². The summed E-state index contributed by atoms with van der Waals surface area (Å²) in [6, 6.07) is 7.10. The van der Waals surface area contributed by atoms with Crippen LogP contribution >= 0.6 is 0 Å². The maximum absolute atomic E-state index is 13.9. The van der Waals surface area contributed by atoms with Crippen molar-refractivity contribution in [2.24, 2.45) is 0 Å². The van der Waals surface area contributed by atoms with E-state index in [1.807, 2.05) is 20.8 Å². The van der Waals surface area contributed by atoms with Gasteiger partial charge >= 0.3 is 0 Å². The minimum absolute atomic E-state index is 0.0131. The summed E-state index contributed by atoms with van der Waals surface area (Å²) in [5.41, 5.74) is 0.377. The average molecular weight is 379 g/mol. The summed E-state index contributed by atoms with van der Waals surface area (Å²) in [5.74, 6) is -0.740. The van der Waals surface area contributed by atoms with E-state index < -0.39 is 21.6 Å². The van der Waals surface area contributed by atoms with E-state index in [1.165, 1.54) is 18.2 Å². The fourth-order valence-electron chi connectivity index (χ4n) is 2.93. The lowest BCUT2D eigenvalue weighted by atomic mass is 9.92. The lowest BCUT2D eigenvalue weighted by molar-refractivity contribution is 0.102. The molecule has 0 radical (unpaired) electrons. The van der Waals surface area contributed by atoms with Gasteiger partial charge in [0, 0.05) is 11.5 Å². The van der Waals surface area contributed by atoms with Gasteiger partial charge in [0.1, 0.15) is 11.6 Å². The molecule has 1 aromatic heterocycles. The van der Waals surface area contributed by atoms with Gasteiger partial charge in [0.05, 0.1) is 28.8 Å². The minimum Gasteiger partial charge on any atom is -0.307 e. The number of aromatic nitrogens is 2. The zero-order valence-corrected chi connectivity index (χ0v) is 15.8. The fraction of sp³-hybridized carbons (Fsp3) is 0.444. The second kappa shape index (κ2) is 6.50. The molecular weight excluding hydrogens is 357 g/mol. The molecule has 8 heteroatoms. The number of anilines is 1. The van der Waals surface area contributed by atoms with Crippen LogP contribution in [0, 0.1) is 5.82 Å². The Morgan fingerprint density at radius 3 is 2.58 bits per heavy atom. The minimum atomic E-state index is -3.11. The number of nitrogens with one attached hydrogen (secondary N) is 1. The van der Waals surface area contributed by atoms with Gasteiger partial charge in [-0.3, -0.25) is 4.79 Å². The molecule has 1 aromatic carbocycles. The van der Waals surface area contributed by atoms with Crippen LogP contribution < -0.4 is 5.32 Å². The van der Waals surface area contributed by atoms with Crippen molar-refractivity contribution in [3.63, 3.8) is 0 Å². The molecule has 3 rings (SSSR count). The van der Waals surface area contributed by atoms with E-state index in [2.05, 4.69) is 10.4 Å². The van der Waals surface area contributed by atoms with E-state index in [9.17, 15) is 17.6 Å². The highest BCUT2D eigenvalue weighted by Gasteiger charge is 2.33. The molecule has 1 aliphatic heterocycles. The van der Waals surface area contributed by atoms with Crippen LogP contribution in [-0.2, 0) is 15.3 Å². The maximum Gasteiger partial charge on any atom is 0.259 e. The molecule has 1 saturated heterocycles. The molecule has 1 amide bonds. The molecule has 26 heavy (non-hydrogen) atoms. The topological polar surface area (TPSA) is 81.1 Å². The van der Waals surface area contributed by atoms with Gasteiger partial charge in [-0.2, -0.15) is 5.10 Å². The first kappa shape index (κ1) is 18.6. The van der Waals surface area contributed by atoms with Gasteiger partial charge in [-0.15, -0.1) is 0 Å². The largest absolute Gasteiger partial charge is 0.307 e. The van der Waals surface area contributed by atoms with Gasteiger partial charge in [0.15, 0.2) is 9.84 Å². The molecule has 0 bridgehead atoms. The number of rotatable bonds is 3. The molecule has 2 heterocycles. The predicted molar refractivity (Wildman–Crippen MR) is 97.6 cm³/mol. The quantitative estimate of drug-likeness (QED) is 0.889. The van der Waals surface area contributed by atoms with Crippen LogP contribution in [0.1, 0.15) is 49.3 Å². The van der Waals surface area contributed by atoms with Gasteiger partial charge < -0.3 is 5.32 Å². The molecule has 0 saturated carbocycles. The molecule has 0 aliphatic carbocycles. The zero-order chi connectivity index (χ0) is 19.1. The molecule has 1 atom stereocenters. The van der Waals surface area contributed by atoms with E-state index in [0.29, 0.717) is 12.2 Å². The molecular formula is C18H22FN3O3S. The van der Waals surface area contributed by atoms with Gasteiger partial charge in [0.25, 0.3) is 5.91 Å². The SMILES string of the molecule is CC(C)(C)c1cc(NC(=O)c2ccccc2F)n(C2CCS(=O)(=O)C2)n1. The summed E-state index contributed by atoms with van der Waals surface area (Å²) >= 11 is 0. The first-order valence-electron chi connectivity index (χ1n) is 8.43. The van der Waals surface area contributed by atoms with E-state index in [4.69, 9.17) is 0 Å². The molecule has 6 nitrogen and oxygen atoms in total. The third-order valence-corrected chi connectivity index (χ3v) is 6.17.